The number of hydrogen-bond donors (Lipinski definition) is 2. The molecule has 0 unspecified atom stereocenters. The topological polar surface area (TPSA) is 71.1 Å². The number of nitrogens with two attached hydrogens (primary N) is 1. The molecular formula is C13H20FN3O2. The van der Waals surface area contributed by atoms with E-state index in [0.29, 0.717) is 25.1 Å². The molecule has 1 aromatic carbocycles. The van der Waals surface area contributed by atoms with E-state index in [0.717, 1.165) is 6.54 Å². The van der Waals surface area contributed by atoms with E-state index in [1.165, 1.54) is 7.11 Å². The van der Waals surface area contributed by atoms with Crippen LogP contribution in [-0.2, 0) is 6.54 Å². The van der Waals surface area contributed by atoms with Crippen molar-refractivity contribution in [2.24, 2.45) is 10.9 Å². The van der Waals surface area contributed by atoms with Gasteiger partial charge in [0.25, 0.3) is 0 Å². The third-order valence-electron chi connectivity index (χ3n) is 2.92. The summed E-state index contributed by atoms with van der Waals surface area (Å²) in [6.45, 7) is 3.78. The average Bonchev–Trinajstić information content (AvgIpc) is 2.44. The van der Waals surface area contributed by atoms with Crippen molar-refractivity contribution in [2.75, 3.05) is 20.2 Å². The molecule has 0 aliphatic heterocycles. The standard InChI is InChI=1S/C13H20FN3O2/c1-3-17(8-7-12(15)16-18)9-10-5-4-6-11(19-2)13(10)14/h4-6,18H,3,7-9H2,1-2H3,(H2,15,16). The molecule has 6 heteroatoms. The molecule has 0 radical (unpaired) electrons. The van der Waals surface area contributed by atoms with Gasteiger partial charge in [-0.2, -0.15) is 0 Å². The van der Waals surface area contributed by atoms with Crippen LogP contribution in [0.4, 0.5) is 4.39 Å². The van der Waals surface area contributed by atoms with E-state index in [2.05, 4.69) is 5.16 Å². The molecule has 0 bridgehead atoms. The molecule has 19 heavy (non-hydrogen) atoms. The Bertz CT molecular complexity index is 438. The third kappa shape index (κ3) is 4.40. The second kappa shape index (κ2) is 7.58. The Morgan fingerprint density at radius 1 is 1.53 bits per heavy atom. The van der Waals surface area contributed by atoms with Gasteiger partial charge in [-0.25, -0.2) is 4.39 Å². The van der Waals surface area contributed by atoms with Crippen LogP contribution in [0.2, 0.25) is 0 Å². The van der Waals surface area contributed by atoms with E-state index in [4.69, 9.17) is 15.7 Å². The van der Waals surface area contributed by atoms with Crippen LogP contribution in [0.5, 0.6) is 5.75 Å². The maximum absolute atomic E-state index is 14.0. The number of halogens is 1. The minimum Gasteiger partial charge on any atom is -0.494 e. The quantitative estimate of drug-likeness (QED) is 0.343. The summed E-state index contributed by atoms with van der Waals surface area (Å²) in [5, 5.41) is 11.4. The van der Waals surface area contributed by atoms with Gasteiger partial charge in [0, 0.05) is 25.1 Å². The van der Waals surface area contributed by atoms with Crippen LogP contribution < -0.4 is 10.5 Å². The van der Waals surface area contributed by atoms with Crippen molar-refractivity contribution in [3.05, 3.63) is 29.6 Å². The summed E-state index contributed by atoms with van der Waals surface area (Å²) >= 11 is 0. The predicted octanol–water partition coefficient (Wildman–Crippen LogP) is 1.79. The van der Waals surface area contributed by atoms with Crippen LogP contribution in [0.15, 0.2) is 23.4 Å². The Morgan fingerprint density at radius 2 is 2.26 bits per heavy atom. The van der Waals surface area contributed by atoms with Crippen LogP contribution in [0.25, 0.3) is 0 Å². The van der Waals surface area contributed by atoms with Crippen molar-refractivity contribution in [1.29, 1.82) is 0 Å². The number of nitrogens with zero attached hydrogens (tertiary/aromatic N) is 2. The van der Waals surface area contributed by atoms with Gasteiger partial charge in [-0.05, 0) is 12.6 Å². The first kappa shape index (κ1) is 15.2. The SMILES string of the molecule is CCN(CC/C(N)=N/O)Cc1cccc(OC)c1F. The summed E-state index contributed by atoms with van der Waals surface area (Å²) < 4.78 is 18.9. The van der Waals surface area contributed by atoms with E-state index in [-0.39, 0.29) is 17.4 Å². The molecule has 0 saturated carbocycles. The van der Waals surface area contributed by atoms with Crippen molar-refractivity contribution in [1.82, 2.24) is 4.90 Å². The summed E-state index contributed by atoms with van der Waals surface area (Å²) in [5.41, 5.74) is 5.99. The highest BCUT2D eigenvalue weighted by Gasteiger charge is 2.12. The highest BCUT2D eigenvalue weighted by atomic mass is 19.1. The molecule has 0 aliphatic rings. The average molecular weight is 269 g/mol. The van der Waals surface area contributed by atoms with Crippen LogP contribution in [0, 0.1) is 5.82 Å². The molecule has 106 valence electrons. The second-order valence-electron chi connectivity index (χ2n) is 4.14. The number of hydrogen-bond acceptors (Lipinski definition) is 4. The lowest BCUT2D eigenvalue weighted by Crippen LogP contribution is -2.28. The van der Waals surface area contributed by atoms with Crippen molar-refractivity contribution in [2.45, 2.75) is 19.9 Å². The van der Waals surface area contributed by atoms with Gasteiger partial charge in [0.1, 0.15) is 5.84 Å². The largest absolute Gasteiger partial charge is 0.494 e. The van der Waals surface area contributed by atoms with Crippen molar-refractivity contribution < 1.29 is 14.3 Å². The minimum atomic E-state index is -0.341. The lowest BCUT2D eigenvalue weighted by molar-refractivity contribution is 0.277. The molecule has 0 fully saturated rings. The Balaban J connectivity index is 2.70. The molecule has 5 nitrogen and oxygen atoms in total. The van der Waals surface area contributed by atoms with Gasteiger partial charge in [-0.15, -0.1) is 0 Å². The van der Waals surface area contributed by atoms with E-state index >= 15 is 0 Å². The molecule has 0 atom stereocenters. The van der Waals surface area contributed by atoms with Gasteiger partial charge in [-0.1, -0.05) is 24.2 Å². The normalized spacial score (nSPS) is 11.9. The van der Waals surface area contributed by atoms with E-state index in [1.54, 1.807) is 18.2 Å². The van der Waals surface area contributed by atoms with E-state index < -0.39 is 0 Å². The first-order valence-electron chi connectivity index (χ1n) is 6.12. The molecule has 1 rings (SSSR count). The van der Waals surface area contributed by atoms with Crippen LogP contribution in [-0.4, -0.2) is 36.1 Å². The molecule has 0 amide bonds. The summed E-state index contributed by atoms with van der Waals surface area (Å²) in [6.07, 6.45) is 0.440. The number of methoxy groups -OCH3 is 1. The van der Waals surface area contributed by atoms with Gasteiger partial charge >= 0.3 is 0 Å². The molecule has 0 spiro atoms. The molecule has 3 N–H and O–H groups in total. The van der Waals surface area contributed by atoms with Crippen LogP contribution >= 0.6 is 0 Å². The third-order valence-corrected chi connectivity index (χ3v) is 2.92. The van der Waals surface area contributed by atoms with Crippen molar-refractivity contribution >= 4 is 5.84 Å². The van der Waals surface area contributed by atoms with Crippen molar-refractivity contribution in [3.63, 3.8) is 0 Å². The first-order chi connectivity index (χ1) is 9.12. The maximum atomic E-state index is 14.0. The zero-order chi connectivity index (χ0) is 14.3. The highest BCUT2D eigenvalue weighted by molar-refractivity contribution is 5.79. The number of amidine groups is 1. The summed E-state index contributed by atoms with van der Waals surface area (Å²) in [4.78, 5) is 2.01. The van der Waals surface area contributed by atoms with Gasteiger partial charge in [0.05, 0.1) is 7.11 Å². The molecular weight excluding hydrogens is 249 g/mol. The second-order valence-corrected chi connectivity index (χ2v) is 4.14. The number of ether oxygens (including phenoxy) is 1. The highest BCUT2D eigenvalue weighted by Crippen LogP contribution is 2.21. The first-order valence-corrected chi connectivity index (χ1v) is 6.12. The molecule has 0 heterocycles. The van der Waals surface area contributed by atoms with Gasteiger partial charge in [0.2, 0.25) is 0 Å². The molecule has 0 aromatic heterocycles. The Hall–Kier alpha value is -1.82. The van der Waals surface area contributed by atoms with E-state index in [9.17, 15) is 4.39 Å². The summed E-state index contributed by atoms with van der Waals surface area (Å²) in [5.74, 6) is 0.0711. The van der Waals surface area contributed by atoms with Gasteiger partial charge in [0.15, 0.2) is 11.6 Å². The van der Waals surface area contributed by atoms with Crippen LogP contribution in [0.3, 0.4) is 0 Å². The number of oxime groups is 1. The maximum Gasteiger partial charge on any atom is 0.169 e. The lowest BCUT2D eigenvalue weighted by atomic mass is 10.1. The number of rotatable bonds is 7. The van der Waals surface area contributed by atoms with Crippen molar-refractivity contribution in [3.8, 4) is 5.75 Å². The monoisotopic (exact) mass is 269 g/mol. The van der Waals surface area contributed by atoms with E-state index in [1.807, 2.05) is 11.8 Å². The molecule has 1 aromatic rings. The fraction of sp³-hybridized carbons (Fsp3) is 0.462. The fourth-order valence-corrected chi connectivity index (χ4v) is 1.75. The number of benzene rings is 1. The zero-order valence-electron chi connectivity index (χ0n) is 11.3. The van der Waals surface area contributed by atoms with Gasteiger partial charge in [-0.3, -0.25) is 4.90 Å². The van der Waals surface area contributed by atoms with Gasteiger partial charge < -0.3 is 15.7 Å². The Labute approximate surface area is 112 Å². The summed E-state index contributed by atoms with van der Waals surface area (Å²) in [6, 6.07) is 5.07. The van der Waals surface area contributed by atoms with Crippen LogP contribution in [0.1, 0.15) is 18.9 Å². The predicted molar refractivity (Wildman–Crippen MR) is 71.9 cm³/mol. The summed E-state index contributed by atoms with van der Waals surface area (Å²) in [7, 11) is 1.44. The Morgan fingerprint density at radius 3 is 2.84 bits per heavy atom. The molecule has 0 aliphatic carbocycles. The molecule has 0 saturated heterocycles. The fourth-order valence-electron chi connectivity index (χ4n) is 1.75. The Kier molecular flexibility index (Phi) is 6.08. The smallest absolute Gasteiger partial charge is 0.169 e. The zero-order valence-corrected chi connectivity index (χ0v) is 11.3. The minimum absolute atomic E-state index is 0.171. The lowest BCUT2D eigenvalue weighted by Gasteiger charge is -2.20.